The van der Waals surface area contributed by atoms with Crippen molar-refractivity contribution >= 4 is 11.0 Å². The van der Waals surface area contributed by atoms with Gasteiger partial charge in [-0.05, 0) is 42.1 Å². The van der Waals surface area contributed by atoms with E-state index in [0.717, 1.165) is 30.9 Å². The number of hydrogen-bond donors (Lipinski definition) is 1. The Hall–Kier alpha value is -1.28. The van der Waals surface area contributed by atoms with Crippen molar-refractivity contribution in [2.75, 3.05) is 6.54 Å². The average molecular weight is 245 g/mol. The summed E-state index contributed by atoms with van der Waals surface area (Å²) >= 11 is 0. The van der Waals surface area contributed by atoms with Crippen LogP contribution in [0.15, 0.2) is 28.7 Å². The van der Waals surface area contributed by atoms with Crippen molar-refractivity contribution in [2.24, 2.45) is 0 Å². The predicted molar refractivity (Wildman–Crippen MR) is 76.9 cm³/mol. The highest BCUT2D eigenvalue weighted by molar-refractivity contribution is 5.79. The van der Waals surface area contributed by atoms with E-state index in [4.69, 9.17) is 4.42 Å². The van der Waals surface area contributed by atoms with Crippen LogP contribution < -0.4 is 5.32 Å². The van der Waals surface area contributed by atoms with Gasteiger partial charge in [0.2, 0.25) is 0 Å². The van der Waals surface area contributed by atoms with Gasteiger partial charge < -0.3 is 9.73 Å². The van der Waals surface area contributed by atoms with Gasteiger partial charge in [-0.15, -0.1) is 0 Å². The zero-order valence-electron chi connectivity index (χ0n) is 11.8. The number of benzene rings is 1. The third-order valence-electron chi connectivity index (χ3n) is 3.16. The van der Waals surface area contributed by atoms with Gasteiger partial charge in [0.25, 0.3) is 0 Å². The van der Waals surface area contributed by atoms with E-state index in [1.165, 1.54) is 10.9 Å². The third kappa shape index (κ3) is 2.94. The second kappa shape index (κ2) is 5.15. The molecule has 1 aromatic carbocycles. The van der Waals surface area contributed by atoms with Crippen LogP contribution in [0.5, 0.6) is 0 Å². The molecule has 98 valence electrons. The molecule has 0 atom stereocenters. The Morgan fingerprint density at radius 2 is 1.94 bits per heavy atom. The molecule has 1 aromatic heterocycles. The monoisotopic (exact) mass is 245 g/mol. The molecule has 0 aliphatic heterocycles. The van der Waals surface area contributed by atoms with Gasteiger partial charge in [0.1, 0.15) is 11.3 Å². The molecule has 0 bridgehead atoms. The lowest BCUT2D eigenvalue weighted by atomic mass is 9.86. The molecule has 2 aromatic rings. The summed E-state index contributed by atoms with van der Waals surface area (Å²) in [5.41, 5.74) is 2.52. The number of hydrogen-bond acceptors (Lipinski definition) is 2. The van der Waals surface area contributed by atoms with E-state index >= 15 is 0 Å². The molecule has 0 aliphatic rings. The number of furan rings is 1. The van der Waals surface area contributed by atoms with Gasteiger partial charge in [-0.3, -0.25) is 0 Å². The third-order valence-corrected chi connectivity index (χ3v) is 3.16. The molecule has 1 heterocycles. The molecular weight excluding hydrogens is 222 g/mol. The van der Waals surface area contributed by atoms with Crippen LogP contribution in [-0.4, -0.2) is 6.54 Å². The highest BCUT2D eigenvalue weighted by Crippen LogP contribution is 2.27. The summed E-state index contributed by atoms with van der Waals surface area (Å²) in [6.07, 6.45) is 1.15. The fourth-order valence-corrected chi connectivity index (χ4v) is 2.04. The first kappa shape index (κ1) is 13.2. The maximum Gasteiger partial charge on any atom is 0.134 e. The van der Waals surface area contributed by atoms with Crippen LogP contribution in [0, 0.1) is 0 Å². The Bertz CT molecular complexity index is 519. The van der Waals surface area contributed by atoms with E-state index in [1.807, 2.05) is 0 Å². The molecule has 2 nitrogen and oxygen atoms in total. The first-order chi connectivity index (χ1) is 8.50. The minimum atomic E-state index is 0.187. The smallest absolute Gasteiger partial charge is 0.134 e. The topological polar surface area (TPSA) is 25.2 Å². The molecular formula is C16H23NO. The van der Waals surface area contributed by atoms with Crippen LogP contribution in [-0.2, 0) is 12.0 Å². The summed E-state index contributed by atoms with van der Waals surface area (Å²) in [5.74, 6) is 1.02. The van der Waals surface area contributed by atoms with E-state index in [0.29, 0.717) is 0 Å². The summed E-state index contributed by atoms with van der Waals surface area (Å²) in [6, 6.07) is 8.63. The summed E-state index contributed by atoms with van der Waals surface area (Å²) in [6.45, 7) is 10.7. The van der Waals surface area contributed by atoms with Gasteiger partial charge in [-0.1, -0.05) is 33.8 Å². The standard InChI is InChI=1S/C16H23NO/c1-5-8-17-11-14-10-12-9-13(16(2,3)4)6-7-15(12)18-14/h6-7,9-10,17H,5,8,11H2,1-4H3. The van der Waals surface area contributed by atoms with Gasteiger partial charge in [-0.2, -0.15) is 0 Å². The molecule has 0 radical (unpaired) electrons. The van der Waals surface area contributed by atoms with Crippen molar-refractivity contribution in [2.45, 2.75) is 46.1 Å². The minimum Gasteiger partial charge on any atom is -0.460 e. The molecule has 0 fully saturated rings. The second-order valence-corrected chi connectivity index (χ2v) is 5.89. The van der Waals surface area contributed by atoms with Gasteiger partial charge in [0.15, 0.2) is 0 Å². The van der Waals surface area contributed by atoms with Crippen LogP contribution in [0.4, 0.5) is 0 Å². The first-order valence-corrected chi connectivity index (χ1v) is 6.74. The van der Waals surface area contributed by atoms with Gasteiger partial charge in [0.05, 0.1) is 6.54 Å². The fraction of sp³-hybridized carbons (Fsp3) is 0.500. The largest absolute Gasteiger partial charge is 0.460 e. The quantitative estimate of drug-likeness (QED) is 0.815. The summed E-state index contributed by atoms with van der Waals surface area (Å²) in [5, 5.41) is 4.57. The van der Waals surface area contributed by atoms with Crippen LogP contribution in [0.1, 0.15) is 45.4 Å². The summed E-state index contributed by atoms with van der Waals surface area (Å²) in [7, 11) is 0. The maximum atomic E-state index is 5.82. The van der Waals surface area contributed by atoms with Crippen LogP contribution >= 0.6 is 0 Å². The Labute approximate surface area is 109 Å². The molecule has 0 saturated carbocycles. The van der Waals surface area contributed by atoms with E-state index in [9.17, 15) is 0 Å². The zero-order chi connectivity index (χ0) is 13.2. The molecule has 2 rings (SSSR count). The van der Waals surface area contributed by atoms with E-state index < -0.39 is 0 Å². The molecule has 18 heavy (non-hydrogen) atoms. The minimum absolute atomic E-state index is 0.187. The van der Waals surface area contributed by atoms with Crippen molar-refractivity contribution in [1.82, 2.24) is 5.32 Å². The zero-order valence-corrected chi connectivity index (χ0v) is 11.8. The van der Waals surface area contributed by atoms with Crippen molar-refractivity contribution in [3.63, 3.8) is 0 Å². The number of fused-ring (bicyclic) bond motifs is 1. The molecule has 2 heteroatoms. The van der Waals surface area contributed by atoms with E-state index in [1.54, 1.807) is 0 Å². The number of rotatable bonds is 4. The predicted octanol–water partition coefficient (Wildman–Crippen LogP) is 4.23. The molecule has 0 saturated heterocycles. The molecule has 0 aliphatic carbocycles. The Kier molecular flexibility index (Phi) is 3.76. The number of nitrogens with one attached hydrogen (secondary N) is 1. The maximum absolute atomic E-state index is 5.82. The molecule has 0 unspecified atom stereocenters. The summed E-state index contributed by atoms with van der Waals surface area (Å²) in [4.78, 5) is 0. The van der Waals surface area contributed by atoms with Gasteiger partial charge in [-0.25, -0.2) is 0 Å². The highest BCUT2D eigenvalue weighted by Gasteiger charge is 2.14. The van der Waals surface area contributed by atoms with Crippen molar-refractivity contribution < 1.29 is 4.42 Å². The van der Waals surface area contributed by atoms with Crippen LogP contribution in [0.25, 0.3) is 11.0 Å². The van der Waals surface area contributed by atoms with Crippen molar-refractivity contribution in [3.05, 3.63) is 35.6 Å². The lowest BCUT2D eigenvalue weighted by Gasteiger charge is -2.18. The normalized spacial score (nSPS) is 12.2. The highest BCUT2D eigenvalue weighted by atomic mass is 16.3. The second-order valence-electron chi connectivity index (χ2n) is 5.89. The Balaban J connectivity index is 2.23. The van der Waals surface area contributed by atoms with Gasteiger partial charge in [0, 0.05) is 5.39 Å². The lowest BCUT2D eigenvalue weighted by molar-refractivity contribution is 0.513. The first-order valence-electron chi connectivity index (χ1n) is 6.74. The lowest BCUT2D eigenvalue weighted by Crippen LogP contribution is -2.12. The summed E-state index contributed by atoms with van der Waals surface area (Å²) < 4.78 is 5.82. The SMILES string of the molecule is CCCNCc1cc2cc(C(C)(C)C)ccc2o1. The van der Waals surface area contributed by atoms with E-state index in [2.05, 4.69) is 57.3 Å². The Morgan fingerprint density at radius 1 is 1.17 bits per heavy atom. The van der Waals surface area contributed by atoms with Crippen molar-refractivity contribution in [3.8, 4) is 0 Å². The molecule has 0 spiro atoms. The molecule has 0 amide bonds. The van der Waals surface area contributed by atoms with E-state index in [-0.39, 0.29) is 5.41 Å². The Morgan fingerprint density at radius 3 is 2.61 bits per heavy atom. The van der Waals surface area contributed by atoms with Crippen molar-refractivity contribution in [1.29, 1.82) is 0 Å². The van der Waals surface area contributed by atoms with Gasteiger partial charge >= 0.3 is 0 Å². The molecule has 1 N–H and O–H groups in total. The van der Waals surface area contributed by atoms with Crippen LogP contribution in [0.3, 0.4) is 0 Å². The average Bonchev–Trinajstić information content (AvgIpc) is 2.69. The van der Waals surface area contributed by atoms with Crippen LogP contribution in [0.2, 0.25) is 0 Å². The fourth-order valence-electron chi connectivity index (χ4n) is 2.04.